The monoisotopic (exact) mass is 2070 g/mol. The quantitative estimate of drug-likeness (QED) is 0.00392. The number of rotatable bonds is 28. The average molecular weight is 2070 g/mol. The number of esters is 5. The van der Waals surface area contributed by atoms with Crippen molar-refractivity contribution < 1.29 is 150 Å². The molecule has 0 unspecified atom stereocenters. The number of aliphatic hydroxyl groups excluding tert-OH is 1. The van der Waals surface area contributed by atoms with Crippen molar-refractivity contribution in [2.45, 2.75) is 162 Å². The van der Waals surface area contributed by atoms with Gasteiger partial charge < -0.3 is 73.3 Å². The van der Waals surface area contributed by atoms with Crippen LogP contribution < -0.4 is 25.3 Å². The molecule has 779 valence electrons. The van der Waals surface area contributed by atoms with Gasteiger partial charge in [0.1, 0.15) is 41.7 Å². The third-order valence-electron chi connectivity index (χ3n) is 22.7. The van der Waals surface area contributed by atoms with Gasteiger partial charge in [-0.25, -0.2) is 9.59 Å². The number of aliphatic hydroxyl groups is 1. The van der Waals surface area contributed by atoms with Gasteiger partial charge >= 0.3 is 103 Å². The van der Waals surface area contributed by atoms with Crippen molar-refractivity contribution in [3.8, 4) is 17.2 Å². The van der Waals surface area contributed by atoms with Crippen molar-refractivity contribution in [2.75, 3.05) is 159 Å². The maximum atomic E-state index is 13.0. The topological polar surface area (TPSA) is 405 Å². The number of carbonyl (C=O) groups is 7. The van der Waals surface area contributed by atoms with Gasteiger partial charge in [-0.05, 0) is 205 Å². The van der Waals surface area contributed by atoms with Crippen molar-refractivity contribution in [1.82, 2.24) is 24.9 Å². The smallest absolute Gasteiger partial charge is 0.416 e. The Morgan fingerprint density at radius 2 is 0.787 bits per heavy atom. The molecule has 11 rings (SSSR count). The van der Waals surface area contributed by atoms with E-state index in [2.05, 4.69) is 40.6 Å². The molecule has 2 amide bonds. The zero-order chi connectivity index (χ0) is 105. The molecule has 33 nitrogen and oxygen atoms in total. The van der Waals surface area contributed by atoms with E-state index in [1.54, 1.807) is 16.6 Å². The van der Waals surface area contributed by atoms with E-state index in [4.69, 9.17) is 53.5 Å². The van der Waals surface area contributed by atoms with Crippen LogP contribution in [0.25, 0.3) is 0 Å². The Kier molecular flexibility index (Phi) is 52.2. The summed E-state index contributed by atoms with van der Waals surface area (Å²) in [6, 6.07) is 37.1. The number of alkyl halides is 10. The third kappa shape index (κ3) is 43.6. The minimum atomic E-state index is -4.72. The summed E-state index contributed by atoms with van der Waals surface area (Å²) in [5.41, 5.74) is 1.67. The summed E-state index contributed by atoms with van der Waals surface area (Å²) in [6.07, 6.45) is -5.92. The summed E-state index contributed by atoms with van der Waals surface area (Å²) >= 11 is 3.03. The zero-order valence-electron chi connectivity index (χ0n) is 81.7. The van der Waals surface area contributed by atoms with Crippen LogP contribution in [0.1, 0.15) is 139 Å². The summed E-state index contributed by atoms with van der Waals surface area (Å²) in [5.74, 6) is -1.12. The molecule has 0 aliphatic carbocycles. The number of halogens is 10. The molecule has 45 heteroatoms. The molecule has 0 saturated carbocycles. The third-order valence-corrected chi connectivity index (χ3v) is 23.0. The van der Waals surface area contributed by atoms with Gasteiger partial charge in [-0.15, -0.1) is 0 Å². The number of amides is 2. The molecule has 141 heavy (non-hydrogen) atoms. The van der Waals surface area contributed by atoms with E-state index in [1.807, 2.05) is 137 Å². The summed E-state index contributed by atoms with van der Waals surface area (Å²) in [5, 5.41) is 32.0. The minimum absolute atomic E-state index is 0.00608. The number of nitrogens with zero attached hydrogens (tertiary/aromatic N) is 6. The maximum Gasteiger partial charge on any atom is 0.416 e. The normalized spacial score (nSPS) is 15.8. The number of nitrogens with two attached hydrogens (primary N) is 1. The molecule has 5 aliphatic heterocycles. The van der Waals surface area contributed by atoms with Gasteiger partial charge in [-0.2, -0.15) is 39.5 Å². The molecule has 0 atom stereocenters. The van der Waals surface area contributed by atoms with Crippen molar-refractivity contribution in [3.05, 3.63) is 199 Å². The number of likely N-dealkylation sites (tertiary alicyclic amines) is 4. The number of ether oxygens (including phenoxy) is 10. The summed E-state index contributed by atoms with van der Waals surface area (Å²) in [7, 11) is 10.0. The van der Waals surface area contributed by atoms with E-state index < -0.39 is 83.9 Å². The fraction of sp³-hybridized carbons (Fsp3) is 0.552. The second kappa shape index (κ2) is 60.2. The van der Waals surface area contributed by atoms with E-state index in [-0.39, 0.29) is 103 Å². The number of hydrogen-bond acceptors (Lipinski definition) is 29. The van der Waals surface area contributed by atoms with Crippen molar-refractivity contribution in [1.29, 1.82) is 0 Å². The standard InChI is InChI=1S/C23H25F3N2O5.C23H27F3N2O3.C19H27NO4.C12H21NO4.C9H7BrF3NO3.C7H13NO2.C2H5B2O3.CH4O/c1-32-21(29)22(16-17-5-3-2-4-6-17)7-9-27(10-8-22)11-12-33-20-14-18(23(24,25)26)13-19(15-20)28(30)31;1-30-21(29)22(16-17-5-3-2-4-6-17)7-9-28(10-8-22)11-12-31-20-14-18(23(24,25)26)13-19(27)15-20;1-18(2,3)24-17(22)20-12-10-19(11-13-20,16(21)23-4)14-15-8-6-5-7-9-15;1-12(2,3)17-11(15)13-7-5-9(6-8-13)10(14)16-4;10-1-2-17-8-4-6(9(11,12)13)3-7(5-8)14(15)16;1-10-7(9)6-2-4-8-5-3-6;1-3-7-6-2-4-5;1-2/h2-6,13-15H,7-12,16H2,1H3;2-6,13-15H,7-12,16,27H2,1H3;5-9H,10-14H2,1-4H3;9H,5-8H2,1-4H3;3-5H,1-2H2;6,8H,2-5H2,1H3;2H2,1H3;2H,1H3. The molecular weight excluding hydrogens is 1940 g/mol. The fourth-order valence-electron chi connectivity index (χ4n) is 15.5. The molecule has 5 fully saturated rings. The Balaban J connectivity index is 0.000000357. The Bertz CT molecular complexity index is 4820. The molecule has 5 aliphatic rings. The Hall–Kier alpha value is -11.3. The molecule has 0 bridgehead atoms. The first-order valence-electron chi connectivity index (χ1n) is 45.3. The van der Waals surface area contributed by atoms with Crippen LogP contribution in [0.4, 0.5) is 66.2 Å². The molecule has 6 aromatic carbocycles. The Morgan fingerprint density at radius 3 is 1.09 bits per heavy atom. The van der Waals surface area contributed by atoms with Crippen molar-refractivity contribution in [2.24, 2.45) is 28.1 Å². The molecule has 5 saturated heterocycles. The number of hydrogen-bond donors (Lipinski definition) is 3. The number of methoxy groups -OCH3 is 5. The largest absolute Gasteiger partial charge is 0.492 e. The first-order valence-corrected chi connectivity index (χ1v) is 46.4. The number of benzene rings is 6. The molecule has 4 N–H and O–H groups in total. The number of nitrogens with one attached hydrogen (secondary N) is 1. The predicted octanol–water partition coefficient (Wildman–Crippen LogP) is 16.6. The number of anilines is 1. The van der Waals surface area contributed by atoms with E-state index in [0.29, 0.717) is 161 Å². The number of nitro benzene ring substituents is 2. The van der Waals surface area contributed by atoms with Crippen LogP contribution >= 0.6 is 15.9 Å². The van der Waals surface area contributed by atoms with Crippen LogP contribution in [0, 0.1) is 48.3 Å². The fourth-order valence-corrected chi connectivity index (χ4v) is 15.6. The average Bonchev–Trinajstić information content (AvgIpc) is 0.792. The second-order valence-electron chi connectivity index (χ2n) is 35.0. The van der Waals surface area contributed by atoms with Crippen LogP contribution in [-0.4, -0.2) is 255 Å². The maximum absolute atomic E-state index is 13.0. The molecule has 0 spiro atoms. The van der Waals surface area contributed by atoms with Crippen LogP contribution in [0.15, 0.2) is 146 Å². The zero-order valence-corrected chi connectivity index (χ0v) is 83.3. The predicted molar refractivity (Wildman–Crippen MR) is 508 cm³/mol. The van der Waals surface area contributed by atoms with Crippen LogP contribution in [0.5, 0.6) is 17.2 Å². The van der Waals surface area contributed by atoms with E-state index in [1.165, 1.54) is 49.1 Å². The Labute approximate surface area is 825 Å². The number of piperidine rings is 5. The van der Waals surface area contributed by atoms with Crippen LogP contribution in [0.2, 0.25) is 6.82 Å². The van der Waals surface area contributed by atoms with Gasteiger partial charge in [0.2, 0.25) is 0 Å². The van der Waals surface area contributed by atoms with E-state index >= 15 is 0 Å². The molecule has 1 radical (unpaired) electrons. The van der Waals surface area contributed by atoms with Crippen molar-refractivity contribution >= 4 is 89.7 Å². The van der Waals surface area contributed by atoms with Crippen LogP contribution in [-0.2, 0) is 109 Å². The molecule has 0 aromatic heterocycles. The second-order valence-corrected chi connectivity index (χ2v) is 35.8. The van der Waals surface area contributed by atoms with Gasteiger partial charge in [-0.1, -0.05) is 107 Å². The Morgan fingerprint density at radius 1 is 0.468 bits per heavy atom. The number of nitro groups is 2. The number of carbonyl (C=O) groups excluding carboxylic acids is 7. The first kappa shape index (κ1) is 122. The van der Waals surface area contributed by atoms with E-state index in [9.17, 15) is 98.0 Å². The van der Waals surface area contributed by atoms with Gasteiger partial charge in [-0.3, -0.25) is 54.0 Å². The van der Waals surface area contributed by atoms with Gasteiger partial charge in [0.05, 0.1) is 109 Å². The van der Waals surface area contributed by atoms with Gasteiger partial charge in [0.15, 0.2) is 0 Å². The van der Waals surface area contributed by atoms with Crippen molar-refractivity contribution in [3.63, 3.8) is 0 Å². The van der Waals surface area contributed by atoms with Gasteiger partial charge in [0, 0.05) is 75.6 Å². The number of non-ortho nitro benzene ring substituents is 2. The summed E-state index contributed by atoms with van der Waals surface area (Å²) in [6.45, 7) is 20.6. The minimum Gasteiger partial charge on any atom is -0.492 e. The summed E-state index contributed by atoms with van der Waals surface area (Å²) in [4.78, 5) is 119. The van der Waals surface area contributed by atoms with E-state index in [0.717, 1.165) is 86.1 Å². The summed E-state index contributed by atoms with van der Waals surface area (Å²) < 4.78 is 176. The first-order chi connectivity index (χ1) is 66.5. The SMILES string of the molecule is CO.COC(=O)C1(Cc2ccccc2)CCN(C(=O)OC(C)(C)C)CC1.COC(=O)C1(Cc2ccccc2)CCN(CCOc2cc(N)cc(C(F)(F)F)c2)CC1.COC(=O)C1(Cc2ccccc2)CCN(CCOc2cc([N+](=O)[O-])cc(C(F)(F)F)c2)CC1.COC(=O)C1CCN(C(=O)OC(C)(C)C)CC1.COC(=O)C1CCNCC1.C[B]OOCB=O.O=[N+]([O-])c1cc(OCCBr)cc(C(F)(F)F)c1. The molecular formula is C96H129B2BrF9N8O25. The van der Waals surface area contributed by atoms with Gasteiger partial charge in [0.25, 0.3) is 11.4 Å². The molecule has 5 heterocycles. The number of nitrogen functional groups attached to an aromatic ring is 1. The molecule has 6 aromatic rings. The van der Waals surface area contributed by atoms with Crippen LogP contribution in [0.3, 0.4) is 0 Å².